The minimum Gasteiger partial charge on any atom is -0.330 e. The largest absolute Gasteiger partial charge is 0.330 e. The van der Waals surface area contributed by atoms with Crippen molar-refractivity contribution in [2.45, 2.75) is 44.6 Å². The third kappa shape index (κ3) is 2.25. The molecular weight excluding hydrogens is 241 g/mol. The van der Waals surface area contributed by atoms with Crippen molar-refractivity contribution in [3.63, 3.8) is 0 Å². The Morgan fingerprint density at radius 1 is 1.47 bits per heavy atom. The van der Waals surface area contributed by atoms with E-state index >= 15 is 0 Å². The Hall–Kier alpha value is -1.42. The van der Waals surface area contributed by atoms with Crippen LogP contribution in [0.3, 0.4) is 0 Å². The third-order valence-corrected chi connectivity index (χ3v) is 3.89. The molecule has 1 aliphatic carbocycles. The van der Waals surface area contributed by atoms with Crippen LogP contribution in [0.4, 0.5) is 4.39 Å². The van der Waals surface area contributed by atoms with Crippen molar-refractivity contribution in [2.75, 3.05) is 6.54 Å². The Morgan fingerprint density at radius 2 is 2.26 bits per heavy atom. The molecule has 0 radical (unpaired) electrons. The van der Waals surface area contributed by atoms with Gasteiger partial charge in [-0.3, -0.25) is 0 Å². The summed E-state index contributed by atoms with van der Waals surface area (Å²) in [5.74, 6) is 1.14. The molecule has 1 fully saturated rings. The number of para-hydroxylation sites is 1. The summed E-state index contributed by atoms with van der Waals surface area (Å²) in [6.07, 6.45) is 4.35. The molecule has 0 amide bonds. The lowest BCUT2D eigenvalue weighted by atomic mass is 10.0. The maximum absolute atomic E-state index is 13.9. The van der Waals surface area contributed by atoms with Crippen LogP contribution in [0, 0.1) is 5.82 Å². The monoisotopic (exact) mass is 261 g/mol. The lowest BCUT2D eigenvalue weighted by molar-refractivity contribution is 0.569. The number of halogens is 1. The van der Waals surface area contributed by atoms with E-state index in [1.54, 1.807) is 6.07 Å². The zero-order valence-corrected chi connectivity index (χ0v) is 11.3. The summed E-state index contributed by atoms with van der Waals surface area (Å²) in [7, 11) is 0. The van der Waals surface area contributed by atoms with Gasteiger partial charge in [0.25, 0.3) is 0 Å². The molecular formula is C15H20FN3. The Labute approximate surface area is 112 Å². The van der Waals surface area contributed by atoms with Crippen molar-refractivity contribution < 1.29 is 4.39 Å². The van der Waals surface area contributed by atoms with Gasteiger partial charge in [-0.2, -0.15) is 0 Å². The van der Waals surface area contributed by atoms with Crippen molar-refractivity contribution in [1.29, 1.82) is 0 Å². The van der Waals surface area contributed by atoms with E-state index in [-0.39, 0.29) is 5.82 Å². The highest BCUT2D eigenvalue weighted by Crippen LogP contribution is 2.41. The van der Waals surface area contributed by atoms with Crippen LogP contribution in [0.15, 0.2) is 18.2 Å². The van der Waals surface area contributed by atoms with E-state index in [0.29, 0.717) is 24.0 Å². The van der Waals surface area contributed by atoms with Crippen LogP contribution < -0.4 is 5.73 Å². The molecule has 1 unspecified atom stereocenters. The minimum atomic E-state index is -0.218. The molecule has 0 spiro atoms. The minimum absolute atomic E-state index is 0.218. The number of benzene rings is 1. The van der Waals surface area contributed by atoms with Gasteiger partial charge in [0.15, 0.2) is 5.82 Å². The van der Waals surface area contributed by atoms with Crippen molar-refractivity contribution in [3.05, 3.63) is 29.8 Å². The molecule has 3 rings (SSSR count). The van der Waals surface area contributed by atoms with Crippen LogP contribution in [0.2, 0.25) is 0 Å². The average Bonchev–Trinajstić information content (AvgIpc) is 3.16. The standard InChI is InChI=1S/C15H20FN3/c1-10(4-3-9-17)15-18-14-12(16)5-2-6-13(14)19(15)11-7-8-11/h2,5-6,10-11H,3-4,7-9,17H2,1H3. The summed E-state index contributed by atoms with van der Waals surface area (Å²) in [5.41, 5.74) is 7.04. The molecule has 1 aromatic carbocycles. The molecule has 2 N–H and O–H groups in total. The number of nitrogens with two attached hydrogens (primary N) is 1. The molecule has 1 atom stereocenters. The fourth-order valence-corrected chi connectivity index (χ4v) is 2.72. The molecule has 0 aliphatic heterocycles. The number of fused-ring (bicyclic) bond motifs is 1. The first kappa shape index (κ1) is 12.6. The Kier molecular flexibility index (Phi) is 3.27. The van der Waals surface area contributed by atoms with Crippen LogP contribution in [-0.4, -0.2) is 16.1 Å². The number of hydrogen-bond acceptors (Lipinski definition) is 2. The van der Waals surface area contributed by atoms with E-state index in [2.05, 4.69) is 16.5 Å². The lowest BCUT2D eigenvalue weighted by Gasteiger charge is -2.13. The number of aromatic nitrogens is 2. The zero-order valence-electron chi connectivity index (χ0n) is 11.3. The average molecular weight is 261 g/mol. The van der Waals surface area contributed by atoms with Gasteiger partial charge in [0.1, 0.15) is 11.3 Å². The van der Waals surface area contributed by atoms with Gasteiger partial charge >= 0.3 is 0 Å². The van der Waals surface area contributed by atoms with Gasteiger partial charge in [-0.15, -0.1) is 0 Å². The zero-order chi connectivity index (χ0) is 13.4. The number of rotatable bonds is 5. The Balaban J connectivity index is 2.07. The molecule has 0 saturated heterocycles. The topological polar surface area (TPSA) is 43.8 Å². The molecule has 1 aromatic heterocycles. The van der Waals surface area contributed by atoms with Crippen LogP contribution >= 0.6 is 0 Å². The second kappa shape index (κ2) is 4.93. The predicted molar refractivity (Wildman–Crippen MR) is 74.7 cm³/mol. The smallest absolute Gasteiger partial charge is 0.151 e. The Bertz CT molecular complexity index is 586. The van der Waals surface area contributed by atoms with Crippen molar-refractivity contribution in [2.24, 2.45) is 5.73 Å². The Morgan fingerprint density at radius 3 is 2.95 bits per heavy atom. The van der Waals surface area contributed by atoms with Crippen LogP contribution in [0.1, 0.15) is 50.4 Å². The molecule has 0 bridgehead atoms. The highest BCUT2D eigenvalue weighted by atomic mass is 19.1. The van der Waals surface area contributed by atoms with E-state index < -0.39 is 0 Å². The van der Waals surface area contributed by atoms with Gasteiger partial charge in [0, 0.05) is 12.0 Å². The highest BCUT2D eigenvalue weighted by molar-refractivity contribution is 5.77. The highest BCUT2D eigenvalue weighted by Gasteiger charge is 2.30. The molecule has 1 aliphatic rings. The summed E-state index contributed by atoms with van der Waals surface area (Å²) in [5, 5.41) is 0. The first-order valence-corrected chi connectivity index (χ1v) is 7.08. The van der Waals surface area contributed by atoms with Crippen molar-refractivity contribution in [1.82, 2.24) is 9.55 Å². The molecule has 19 heavy (non-hydrogen) atoms. The SMILES string of the molecule is CC(CCCN)c1nc2c(F)cccc2n1C1CC1. The summed E-state index contributed by atoms with van der Waals surface area (Å²) in [6.45, 7) is 2.86. The normalized spacial score (nSPS) is 17.0. The molecule has 4 heteroatoms. The first-order chi connectivity index (χ1) is 9.22. The molecule has 2 aromatic rings. The fraction of sp³-hybridized carbons (Fsp3) is 0.533. The second-order valence-electron chi connectivity index (χ2n) is 5.51. The summed E-state index contributed by atoms with van der Waals surface area (Å²) in [6, 6.07) is 5.75. The van der Waals surface area contributed by atoms with Gasteiger partial charge < -0.3 is 10.3 Å². The molecule has 102 valence electrons. The van der Waals surface area contributed by atoms with Crippen LogP contribution in [0.5, 0.6) is 0 Å². The van der Waals surface area contributed by atoms with E-state index in [9.17, 15) is 4.39 Å². The van der Waals surface area contributed by atoms with Gasteiger partial charge in [-0.1, -0.05) is 13.0 Å². The molecule has 3 nitrogen and oxygen atoms in total. The second-order valence-corrected chi connectivity index (χ2v) is 5.51. The molecule has 1 saturated carbocycles. The van der Waals surface area contributed by atoms with Gasteiger partial charge in [-0.05, 0) is 44.4 Å². The summed E-state index contributed by atoms with van der Waals surface area (Å²) >= 11 is 0. The number of imidazole rings is 1. The van der Waals surface area contributed by atoms with Crippen LogP contribution in [0.25, 0.3) is 11.0 Å². The van der Waals surface area contributed by atoms with E-state index in [0.717, 1.165) is 24.2 Å². The van der Waals surface area contributed by atoms with E-state index in [1.807, 2.05) is 6.07 Å². The fourth-order valence-electron chi connectivity index (χ4n) is 2.72. The quantitative estimate of drug-likeness (QED) is 0.897. The lowest BCUT2D eigenvalue weighted by Crippen LogP contribution is -2.08. The summed E-state index contributed by atoms with van der Waals surface area (Å²) < 4.78 is 16.1. The maximum atomic E-state index is 13.9. The first-order valence-electron chi connectivity index (χ1n) is 7.08. The summed E-state index contributed by atoms with van der Waals surface area (Å²) in [4.78, 5) is 4.57. The van der Waals surface area contributed by atoms with Gasteiger partial charge in [-0.25, -0.2) is 9.37 Å². The van der Waals surface area contributed by atoms with Crippen molar-refractivity contribution >= 4 is 11.0 Å². The van der Waals surface area contributed by atoms with Gasteiger partial charge in [0.2, 0.25) is 0 Å². The van der Waals surface area contributed by atoms with Crippen molar-refractivity contribution in [3.8, 4) is 0 Å². The molecule has 1 heterocycles. The van der Waals surface area contributed by atoms with Gasteiger partial charge in [0.05, 0.1) is 5.52 Å². The third-order valence-electron chi connectivity index (χ3n) is 3.89. The predicted octanol–water partition coefficient (Wildman–Crippen LogP) is 3.35. The van der Waals surface area contributed by atoms with E-state index in [4.69, 9.17) is 5.73 Å². The number of nitrogens with zero attached hydrogens (tertiary/aromatic N) is 2. The van der Waals surface area contributed by atoms with Crippen LogP contribution in [-0.2, 0) is 0 Å². The number of hydrogen-bond donors (Lipinski definition) is 1. The maximum Gasteiger partial charge on any atom is 0.151 e. The van der Waals surface area contributed by atoms with E-state index in [1.165, 1.54) is 18.9 Å².